The Labute approximate surface area is 123 Å². The van der Waals surface area contributed by atoms with Crippen molar-refractivity contribution in [3.05, 3.63) is 57.8 Å². The van der Waals surface area contributed by atoms with Gasteiger partial charge < -0.3 is 4.74 Å². The predicted octanol–water partition coefficient (Wildman–Crippen LogP) is 3.10. The van der Waals surface area contributed by atoms with E-state index in [1.165, 1.54) is 18.2 Å². The minimum absolute atomic E-state index is 0.196. The first-order chi connectivity index (χ1) is 9.69. The molecule has 20 heavy (non-hydrogen) atoms. The fourth-order valence-corrected chi connectivity index (χ4v) is 2.81. The lowest BCUT2D eigenvalue weighted by Gasteiger charge is -2.18. The van der Waals surface area contributed by atoms with Crippen molar-refractivity contribution in [1.82, 2.24) is 4.90 Å². The third-order valence-electron chi connectivity index (χ3n) is 3.15. The van der Waals surface area contributed by atoms with Gasteiger partial charge in [-0.15, -0.1) is 0 Å². The van der Waals surface area contributed by atoms with Gasteiger partial charge in [0.05, 0.1) is 13.5 Å². The van der Waals surface area contributed by atoms with Crippen LogP contribution in [0.1, 0.15) is 16.7 Å². The summed E-state index contributed by atoms with van der Waals surface area (Å²) in [7, 11) is 3.51. The second-order valence-corrected chi connectivity index (χ2v) is 5.61. The van der Waals surface area contributed by atoms with Crippen molar-refractivity contribution in [3.8, 4) is 0 Å². The van der Waals surface area contributed by atoms with E-state index in [0.717, 1.165) is 18.7 Å². The highest BCUT2D eigenvalue weighted by Gasteiger charge is 2.10. The Balaban J connectivity index is 2.02. The number of rotatable bonds is 6. The molecule has 0 amide bonds. The fourth-order valence-electron chi connectivity index (χ4n) is 2.15. The van der Waals surface area contributed by atoms with E-state index in [9.17, 15) is 4.79 Å². The molecule has 0 saturated carbocycles. The standard InChI is InChI=1S/C16H19NO2S/c1-17(10-13-7-8-20-12-13)11-15-6-4-3-5-14(15)9-16(18)19-2/h3-8,12H,9-11H2,1-2H3. The Kier molecular flexibility index (Phi) is 5.32. The zero-order valence-electron chi connectivity index (χ0n) is 11.8. The average molecular weight is 289 g/mol. The van der Waals surface area contributed by atoms with Crippen LogP contribution in [0.3, 0.4) is 0 Å². The van der Waals surface area contributed by atoms with Crippen LogP contribution in [0.5, 0.6) is 0 Å². The van der Waals surface area contributed by atoms with Gasteiger partial charge in [0.25, 0.3) is 0 Å². The number of ether oxygens (including phenoxy) is 1. The summed E-state index contributed by atoms with van der Waals surface area (Å²) in [6.07, 6.45) is 0.332. The van der Waals surface area contributed by atoms with Crippen molar-refractivity contribution in [2.75, 3.05) is 14.2 Å². The molecule has 1 heterocycles. The number of benzene rings is 1. The second-order valence-electron chi connectivity index (χ2n) is 4.83. The minimum Gasteiger partial charge on any atom is -0.469 e. The number of thiophene rings is 1. The molecule has 0 atom stereocenters. The molecule has 0 unspecified atom stereocenters. The highest BCUT2D eigenvalue weighted by atomic mass is 32.1. The number of carbonyl (C=O) groups excluding carboxylic acids is 1. The van der Waals surface area contributed by atoms with E-state index in [4.69, 9.17) is 4.74 Å². The zero-order chi connectivity index (χ0) is 14.4. The zero-order valence-corrected chi connectivity index (χ0v) is 12.7. The minimum atomic E-state index is -0.196. The summed E-state index contributed by atoms with van der Waals surface area (Å²) in [5, 5.41) is 4.26. The highest BCUT2D eigenvalue weighted by molar-refractivity contribution is 7.07. The molecule has 3 nitrogen and oxygen atoms in total. The van der Waals surface area contributed by atoms with Crippen molar-refractivity contribution in [2.24, 2.45) is 0 Å². The first-order valence-corrected chi connectivity index (χ1v) is 7.46. The molecule has 4 heteroatoms. The quantitative estimate of drug-likeness (QED) is 0.765. The van der Waals surface area contributed by atoms with Crippen molar-refractivity contribution < 1.29 is 9.53 Å². The molecule has 0 radical (unpaired) electrons. The van der Waals surface area contributed by atoms with Gasteiger partial charge in [0.1, 0.15) is 0 Å². The van der Waals surface area contributed by atoms with Crippen LogP contribution in [0.4, 0.5) is 0 Å². The summed E-state index contributed by atoms with van der Waals surface area (Å²) < 4.78 is 4.75. The molecule has 0 N–H and O–H groups in total. The van der Waals surface area contributed by atoms with Crippen LogP contribution in [-0.4, -0.2) is 25.0 Å². The summed E-state index contributed by atoms with van der Waals surface area (Å²) in [4.78, 5) is 13.7. The van der Waals surface area contributed by atoms with Gasteiger partial charge in [0.15, 0.2) is 0 Å². The smallest absolute Gasteiger partial charge is 0.309 e. The van der Waals surface area contributed by atoms with E-state index in [2.05, 4.69) is 34.8 Å². The van der Waals surface area contributed by atoms with Crippen molar-refractivity contribution >= 4 is 17.3 Å². The summed E-state index contributed by atoms with van der Waals surface area (Å²) in [5.74, 6) is -0.196. The van der Waals surface area contributed by atoms with Crippen LogP contribution in [0.25, 0.3) is 0 Å². The number of hydrogen-bond acceptors (Lipinski definition) is 4. The number of carbonyl (C=O) groups is 1. The molecule has 1 aromatic carbocycles. The van der Waals surface area contributed by atoms with Crippen LogP contribution >= 0.6 is 11.3 Å². The SMILES string of the molecule is COC(=O)Cc1ccccc1CN(C)Cc1ccsc1. The lowest BCUT2D eigenvalue weighted by Crippen LogP contribution is -2.18. The number of methoxy groups -OCH3 is 1. The fraction of sp³-hybridized carbons (Fsp3) is 0.312. The van der Waals surface area contributed by atoms with E-state index in [1.807, 2.05) is 18.2 Å². The molecule has 1 aromatic heterocycles. The Bertz CT molecular complexity index is 551. The van der Waals surface area contributed by atoms with E-state index >= 15 is 0 Å². The molecule has 0 aliphatic heterocycles. The summed E-state index contributed by atoms with van der Waals surface area (Å²) in [6.45, 7) is 1.74. The van der Waals surface area contributed by atoms with E-state index < -0.39 is 0 Å². The van der Waals surface area contributed by atoms with Crippen LogP contribution in [0.2, 0.25) is 0 Å². The first kappa shape index (κ1) is 14.8. The molecule has 106 valence electrons. The largest absolute Gasteiger partial charge is 0.469 e. The Morgan fingerprint density at radius 3 is 2.60 bits per heavy atom. The molecule has 0 aliphatic carbocycles. The third-order valence-corrected chi connectivity index (χ3v) is 3.89. The van der Waals surface area contributed by atoms with E-state index in [-0.39, 0.29) is 5.97 Å². The Morgan fingerprint density at radius 2 is 1.95 bits per heavy atom. The number of nitrogens with zero attached hydrogens (tertiary/aromatic N) is 1. The molecule has 2 rings (SSSR count). The van der Waals surface area contributed by atoms with Crippen molar-refractivity contribution in [3.63, 3.8) is 0 Å². The molecule has 0 saturated heterocycles. The maximum absolute atomic E-state index is 11.4. The summed E-state index contributed by atoms with van der Waals surface area (Å²) >= 11 is 1.71. The molecule has 2 aromatic rings. The molecular formula is C16H19NO2S. The monoisotopic (exact) mass is 289 g/mol. The normalized spacial score (nSPS) is 10.8. The number of esters is 1. The molecule has 0 fully saturated rings. The average Bonchev–Trinajstić information content (AvgIpc) is 2.93. The number of hydrogen-bond donors (Lipinski definition) is 0. The first-order valence-electron chi connectivity index (χ1n) is 6.52. The van der Waals surface area contributed by atoms with Gasteiger partial charge in [-0.2, -0.15) is 11.3 Å². The maximum atomic E-state index is 11.4. The van der Waals surface area contributed by atoms with Crippen LogP contribution in [-0.2, 0) is 29.0 Å². The maximum Gasteiger partial charge on any atom is 0.309 e. The van der Waals surface area contributed by atoms with Gasteiger partial charge in [-0.1, -0.05) is 24.3 Å². The molecule has 0 spiro atoms. The predicted molar refractivity (Wildman–Crippen MR) is 81.7 cm³/mol. The second kappa shape index (κ2) is 7.22. The van der Waals surface area contributed by atoms with Crippen LogP contribution < -0.4 is 0 Å². The van der Waals surface area contributed by atoms with Gasteiger partial charge in [0.2, 0.25) is 0 Å². The highest BCUT2D eigenvalue weighted by Crippen LogP contribution is 2.15. The van der Waals surface area contributed by atoms with Gasteiger partial charge in [-0.3, -0.25) is 9.69 Å². The van der Waals surface area contributed by atoms with E-state index in [0.29, 0.717) is 6.42 Å². The van der Waals surface area contributed by atoms with Crippen LogP contribution in [0, 0.1) is 0 Å². The summed E-state index contributed by atoms with van der Waals surface area (Å²) in [5.41, 5.74) is 3.54. The topological polar surface area (TPSA) is 29.5 Å². The Hall–Kier alpha value is -1.65. The molecule has 0 aliphatic rings. The Morgan fingerprint density at radius 1 is 1.20 bits per heavy atom. The molecule has 0 bridgehead atoms. The third kappa shape index (κ3) is 4.18. The lowest BCUT2D eigenvalue weighted by molar-refractivity contribution is -0.139. The van der Waals surface area contributed by atoms with Crippen LogP contribution in [0.15, 0.2) is 41.1 Å². The van der Waals surface area contributed by atoms with E-state index in [1.54, 1.807) is 11.3 Å². The van der Waals surface area contributed by atoms with Crippen molar-refractivity contribution in [1.29, 1.82) is 0 Å². The summed E-state index contributed by atoms with van der Waals surface area (Å²) in [6, 6.07) is 10.2. The molecular weight excluding hydrogens is 270 g/mol. The van der Waals surface area contributed by atoms with Gasteiger partial charge in [0, 0.05) is 13.1 Å². The van der Waals surface area contributed by atoms with Gasteiger partial charge >= 0.3 is 5.97 Å². The van der Waals surface area contributed by atoms with Crippen molar-refractivity contribution in [2.45, 2.75) is 19.5 Å². The van der Waals surface area contributed by atoms with Gasteiger partial charge in [-0.05, 0) is 40.6 Å². The van der Waals surface area contributed by atoms with Gasteiger partial charge in [-0.25, -0.2) is 0 Å². The lowest BCUT2D eigenvalue weighted by atomic mass is 10.0.